The van der Waals surface area contributed by atoms with Crippen LogP contribution in [0.3, 0.4) is 0 Å². The minimum absolute atomic E-state index is 0.00557. The average Bonchev–Trinajstić information content (AvgIpc) is 3.13. The molecule has 1 amide bonds. The van der Waals surface area contributed by atoms with E-state index in [9.17, 15) is 13.2 Å². The van der Waals surface area contributed by atoms with Crippen LogP contribution in [-0.2, 0) is 14.8 Å². The van der Waals surface area contributed by atoms with Gasteiger partial charge in [-0.1, -0.05) is 25.4 Å². The Morgan fingerprint density at radius 3 is 2.65 bits per heavy atom. The fraction of sp³-hybridized carbons (Fsp3) is 0.611. The summed E-state index contributed by atoms with van der Waals surface area (Å²) in [6.45, 7) is 6.88. The number of halogens is 1. The molecule has 2 rings (SSSR count). The number of sulfonamides is 1. The largest absolute Gasteiger partial charge is 0.381 e. The molecule has 0 unspecified atom stereocenters. The standard InChI is InChI=1S/C18H27ClN2O4S/c1-14(2)13-25-11-5-8-20-18(22)15-6-7-16(19)17(12-15)26(23,24)21-9-3-4-10-21/h6-7,12,14H,3-5,8-11,13H2,1-2H3,(H,20,22). The van der Waals surface area contributed by atoms with Crippen LogP contribution in [0.15, 0.2) is 23.1 Å². The molecule has 0 saturated carbocycles. The van der Waals surface area contributed by atoms with E-state index in [-0.39, 0.29) is 21.4 Å². The van der Waals surface area contributed by atoms with Gasteiger partial charge in [0.25, 0.3) is 5.91 Å². The highest BCUT2D eigenvalue weighted by molar-refractivity contribution is 7.89. The van der Waals surface area contributed by atoms with Crippen molar-refractivity contribution >= 4 is 27.5 Å². The van der Waals surface area contributed by atoms with Crippen LogP contribution in [-0.4, -0.2) is 51.5 Å². The van der Waals surface area contributed by atoms with Crippen LogP contribution in [0.2, 0.25) is 5.02 Å². The van der Waals surface area contributed by atoms with E-state index in [0.717, 1.165) is 12.8 Å². The average molecular weight is 403 g/mol. The summed E-state index contributed by atoms with van der Waals surface area (Å²) in [5.41, 5.74) is 0.287. The van der Waals surface area contributed by atoms with Crippen molar-refractivity contribution in [2.75, 3.05) is 32.8 Å². The highest BCUT2D eigenvalue weighted by atomic mass is 35.5. The Morgan fingerprint density at radius 2 is 2.00 bits per heavy atom. The number of ether oxygens (including phenoxy) is 1. The van der Waals surface area contributed by atoms with Gasteiger partial charge in [0, 0.05) is 38.4 Å². The van der Waals surface area contributed by atoms with Gasteiger partial charge in [0.05, 0.1) is 5.02 Å². The molecule has 1 fully saturated rings. The molecule has 26 heavy (non-hydrogen) atoms. The Hall–Kier alpha value is -1.15. The van der Waals surface area contributed by atoms with E-state index in [1.807, 2.05) is 0 Å². The second-order valence-corrected chi connectivity index (χ2v) is 9.15. The van der Waals surface area contributed by atoms with E-state index in [2.05, 4.69) is 19.2 Å². The van der Waals surface area contributed by atoms with E-state index in [4.69, 9.17) is 16.3 Å². The van der Waals surface area contributed by atoms with Crippen LogP contribution in [0, 0.1) is 5.92 Å². The molecule has 0 aromatic heterocycles. The maximum Gasteiger partial charge on any atom is 0.251 e. The van der Waals surface area contributed by atoms with Gasteiger partial charge in [-0.2, -0.15) is 4.31 Å². The summed E-state index contributed by atoms with van der Waals surface area (Å²) >= 11 is 6.10. The lowest BCUT2D eigenvalue weighted by molar-refractivity contribution is 0.0925. The van der Waals surface area contributed by atoms with Crippen molar-refractivity contribution in [1.82, 2.24) is 9.62 Å². The van der Waals surface area contributed by atoms with Gasteiger partial charge in [0.2, 0.25) is 10.0 Å². The second kappa shape index (κ2) is 9.69. The first kappa shape index (κ1) is 21.2. The van der Waals surface area contributed by atoms with Gasteiger partial charge in [0.1, 0.15) is 4.90 Å². The van der Waals surface area contributed by atoms with E-state index >= 15 is 0 Å². The fourth-order valence-corrected chi connectivity index (χ4v) is 4.72. The Morgan fingerprint density at radius 1 is 1.31 bits per heavy atom. The molecule has 1 aromatic rings. The zero-order chi connectivity index (χ0) is 19.2. The van der Waals surface area contributed by atoms with Gasteiger partial charge in [-0.3, -0.25) is 4.79 Å². The van der Waals surface area contributed by atoms with Crippen molar-refractivity contribution < 1.29 is 17.9 Å². The number of benzene rings is 1. The molecule has 8 heteroatoms. The second-order valence-electron chi connectivity index (χ2n) is 6.83. The van der Waals surface area contributed by atoms with Gasteiger partial charge in [-0.25, -0.2) is 8.42 Å². The van der Waals surface area contributed by atoms with Crippen LogP contribution in [0.5, 0.6) is 0 Å². The first-order valence-corrected chi connectivity index (χ1v) is 10.8. The summed E-state index contributed by atoms with van der Waals surface area (Å²) in [6, 6.07) is 4.36. The number of nitrogens with one attached hydrogen (secondary N) is 1. The number of amides is 1. The van der Waals surface area contributed by atoms with Crippen molar-refractivity contribution in [3.05, 3.63) is 28.8 Å². The topological polar surface area (TPSA) is 75.7 Å². The molecule has 1 aliphatic rings. The summed E-state index contributed by atoms with van der Waals surface area (Å²) in [6.07, 6.45) is 2.39. The number of nitrogens with zero attached hydrogens (tertiary/aromatic N) is 1. The van der Waals surface area contributed by atoms with Crippen molar-refractivity contribution in [1.29, 1.82) is 0 Å². The molecule has 0 atom stereocenters. The minimum Gasteiger partial charge on any atom is -0.381 e. The molecule has 146 valence electrons. The quantitative estimate of drug-likeness (QED) is 0.644. The van der Waals surface area contributed by atoms with Crippen molar-refractivity contribution in [3.8, 4) is 0 Å². The summed E-state index contributed by atoms with van der Waals surface area (Å²) in [4.78, 5) is 12.3. The van der Waals surface area contributed by atoms with Crippen molar-refractivity contribution in [3.63, 3.8) is 0 Å². The maximum atomic E-state index is 12.7. The highest BCUT2D eigenvalue weighted by Gasteiger charge is 2.29. The van der Waals surface area contributed by atoms with Gasteiger partial charge in [0.15, 0.2) is 0 Å². The van der Waals surface area contributed by atoms with Crippen LogP contribution in [0.1, 0.15) is 43.5 Å². The Bertz CT molecular complexity index is 716. The molecule has 0 spiro atoms. The number of rotatable bonds is 9. The monoisotopic (exact) mass is 402 g/mol. The zero-order valence-electron chi connectivity index (χ0n) is 15.3. The van der Waals surface area contributed by atoms with E-state index < -0.39 is 10.0 Å². The summed E-state index contributed by atoms with van der Waals surface area (Å²) < 4.78 is 32.3. The van der Waals surface area contributed by atoms with E-state index in [0.29, 0.717) is 45.2 Å². The lowest BCUT2D eigenvalue weighted by Gasteiger charge is -2.17. The maximum absolute atomic E-state index is 12.7. The third-order valence-electron chi connectivity index (χ3n) is 4.08. The molecule has 1 N–H and O–H groups in total. The molecule has 0 radical (unpaired) electrons. The Kier molecular flexibility index (Phi) is 7.88. The van der Waals surface area contributed by atoms with Crippen LogP contribution >= 0.6 is 11.6 Å². The van der Waals surface area contributed by atoms with Gasteiger partial charge >= 0.3 is 0 Å². The van der Waals surface area contributed by atoms with Crippen LogP contribution in [0.25, 0.3) is 0 Å². The van der Waals surface area contributed by atoms with Crippen LogP contribution < -0.4 is 5.32 Å². The SMILES string of the molecule is CC(C)COCCCNC(=O)c1ccc(Cl)c(S(=O)(=O)N2CCCC2)c1. The van der Waals surface area contributed by atoms with Crippen molar-refractivity contribution in [2.24, 2.45) is 5.92 Å². The molecular weight excluding hydrogens is 376 g/mol. The number of hydrogen-bond acceptors (Lipinski definition) is 4. The van der Waals surface area contributed by atoms with E-state index in [1.165, 1.54) is 22.5 Å². The summed E-state index contributed by atoms with van der Waals surface area (Å²) in [5, 5.41) is 2.92. The highest BCUT2D eigenvalue weighted by Crippen LogP contribution is 2.28. The zero-order valence-corrected chi connectivity index (χ0v) is 16.9. The van der Waals surface area contributed by atoms with Gasteiger partial charge < -0.3 is 10.1 Å². The predicted octanol–water partition coefficient (Wildman–Crippen LogP) is 2.92. The van der Waals surface area contributed by atoms with Gasteiger partial charge in [-0.05, 0) is 43.4 Å². The predicted molar refractivity (Wildman–Crippen MR) is 102 cm³/mol. The lowest BCUT2D eigenvalue weighted by Crippen LogP contribution is -2.29. The molecular formula is C18H27ClN2O4S. The molecule has 1 aliphatic heterocycles. The minimum atomic E-state index is -3.66. The smallest absolute Gasteiger partial charge is 0.251 e. The first-order valence-electron chi connectivity index (χ1n) is 8.98. The van der Waals surface area contributed by atoms with Crippen LogP contribution in [0.4, 0.5) is 0 Å². The third-order valence-corrected chi connectivity index (χ3v) is 6.46. The third kappa shape index (κ3) is 5.67. The Balaban J connectivity index is 1.96. The molecule has 1 aromatic carbocycles. The summed E-state index contributed by atoms with van der Waals surface area (Å²) in [7, 11) is -3.66. The molecule has 1 saturated heterocycles. The molecule has 1 heterocycles. The first-order chi connectivity index (χ1) is 12.3. The summed E-state index contributed by atoms with van der Waals surface area (Å²) in [5.74, 6) is 0.165. The number of hydrogen-bond donors (Lipinski definition) is 1. The molecule has 0 bridgehead atoms. The lowest BCUT2D eigenvalue weighted by atomic mass is 10.2. The number of carbonyl (C=O) groups excluding carboxylic acids is 1. The number of carbonyl (C=O) groups is 1. The molecule has 0 aliphatic carbocycles. The Labute approximate surface area is 160 Å². The van der Waals surface area contributed by atoms with Gasteiger partial charge in [-0.15, -0.1) is 0 Å². The van der Waals surface area contributed by atoms with Crippen molar-refractivity contribution in [2.45, 2.75) is 38.0 Å². The molecule has 6 nitrogen and oxygen atoms in total. The normalized spacial score (nSPS) is 15.5. The van der Waals surface area contributed by atoms with E-state index in [1.54, 1.807) is 0 Å². The fourth-order valence-electron chi connectivity index (χ4n) is 2.71.